The number of hydrogen-bond donors (Lipinski definition) is 3. The van der Waals surface area contributed by atoms with Crippen molar-refractivity contribution in [2.45, 2.75) is 38.3 Å². The summed E-state index contributed by atoms with van der Waals surface area (Å²) in [5.74, 6) is -0.128. The summed E-state index contributed by atoms with van der Waals surface area (Å²) in [6, 6.07) is 3.31. The van der Waals surface area contributed by atoms with Crippen LogP contribution in [0.1, 0.15) is 30.4 Å². The van der Waals surface area contributed by atoms with E-state index in [1.54, 1.807) is 19.2 Å². The van der Waals surface area contributed by atoms with Gasteiger partial charge in [-0.25, -0.2) is 0 Å². The molecule has 1 aliphatic carbocycles. The molecule has 0 amide bonds. The molecule has 3 N–H and O–H groups in total. The van der Waals surface area contributed by atoms with E-state index >= 15 is 0 Å². The Bertz CT molecular complexity index is 730. The van der Waals surface area contributed by atoms with Crippen molar-refractivity contribution in [3.63, 3.8) is 0 Å². The third kappa shape index (κ3) is 4.56. The summed E-state index contributed by atoms with van der Waals surface area (Å²) in [5.41, 5.74) is 3.40. The normalized spacial score (nSPS) is 19.5. The van der Waals surface area contributed by atoms with E-state index in [0.29, 0.717) is 6.54 Å². The van der Waals surface area contributed by atoms with Gasteiger partial charge in [-0.2, -0.15) is 0 Å². The topological polar surface area (TPSA) is 65.0 Å². The second kappa shape index (κ2) is 8.56. The summed E-state index contributed by atoms with van der Waals surface area (Å²) in [6.45, 7) is 2.30. The first-order valence-corrected chi connectivity index (χ1v) is 9.44. The maximum atomic E-state index is 9.78. The van der Waals surface area contributed by atoms with Gasteiger partial charge in [-0.3, -0.25) is 0 Å². The molecule has 0 saturated heterocycles. The maximum absolute atomic E-state index is 9.78. The van der Waals surface area contributed by atoms with Crippen molar-refractivity contribution in [1.82, 2.24) is 10.2 Å². The minimum Gasteiger partial charge on any atom is -0.504 e. The molecule has 0 aromatic heterocycles. The van der Waals surface area contributed by atoms with Crippen LogP contribution in [0.5, 0.6) is 11.5 Å². The smallest absolute Gasteiger partial charge is 0.169 e. The van der Waals surface area contributed by atoms with Gasteiger partial charge in [-0.1, -0.05) is 23.8 Å². The number of benzene rings is 1. The van der Waals surface area contributed by atoms with Crippen LogP contribution in [-0.2, 0) is 17.7 Å². The van der Waals surface area contributed by atoms with Crippen LogP contribution in [0.3, 0.4) is 0 Å². The molecule has 0 fully saturated rings. The Morgan fingerprint density at radius 1 is 1.31 bits per heavy atom. The van der Waals surface area contributed by atoms with Gasteiger partial charge in [0.2, 0.25) is 0 Å². The molecule has 0 radical (unpaired) electrons. The number of nitrogens with zero attached hydrogens (tertiary/aromatic N) is 1. The Labute approximate surface area is 160 Å². The molecule has 3 rings (SSSR count). The molecule has 1 aliphatic heterocycles. The number of rotatable bonds is 4. The van der Waals surface area contributed by atoms with E-state index in [-0.39, 0.29) is 17.6 Å². The number of thiocarbonyl (C=S) groups is 1. The van der Waals surface area contributed by atoms with E-state index in [1.807, 2.05) is 0 Å². The van der Waals surface area contributed by atoms with Gasteiger partial charge in [-0.15, -0.1) is 0 Å². The zero-order valence-electron chi connectivity index (χ0n) is 15.1. The van der Waals surface area contributed by atoms with Crippen LogP contribution in [0.4, 0.5) is 0 Å². The molecule has 1 unspecified atom stereocenters. The predicted octanol–water partition coefficient (Wildman–Crippen LogP) is 3.01. The van der Waals surface area contributed by atoms with Crippen LogP contribution in [0.15, 0.2) is 35.9 Å². The SMILES string of the molecule is COC1C=CC(CCNC(=S)N2CCCc3cc(O)c(O)cc3C2)=CC1. The Kier molecular flexibility index (Phi) is 6.16. The van der Waals surface area contributed by atoms with Crippen molar-refractivity contribution >= 4 is 17.3 Å². The number of phenolic OH excluding ortho intramolecular Hbond substituents is 2. The van der Waals surface area contributed by atoms with Crippen LogP contribution in [0.2, 0.25) is 0 Å². The average molecular weight is 375 g/mol. The number of phenols is 2. The maximum Gasteiger partial charge on any atom is 0.169 e. The fourth-order valence-electron chi connectivity index (χ4n) is 3.39. The quantitative estimate of drug-likeness (QED) is 0.556. The van der Waals surface area contributed by atoms with Crippen LogP contribution >= 0.6 is 12.2 Å². The average Bonchev–Trinajstić information content (AvgIpc) is 2.85. The van der Waals surface area contributed by atoms with Crippen LogP contribution in [0.25, 0.3) is 0 Å². The molecule has 0 bridgehead atoms. The Balaban J connectivity index is 1.52. The fraction of sp³-hybridized carbons (Fsp3) is 0.450. The highest BCUT2D eigenvalue weighted by Crippen LogP contribution is 2.31. The van der Waals surface area contributed by atoms with Gasteiger partial charge in [-0.05, 0) is 61.2 Å². The minimum atomic E-state index is -0.0742. The monoisotopic (exact) mass is 374 g/mol. The number of ether oxygens (including phenoxy) is 1. The van der Waals surface area contributed by atoms with Crippen LogP contribution in [0, 0.1) is 0 Å². The molecule has 2 aliphatic rings. The molecule has 140 valence electrons. The number of aromatic hydroxyl groups is 2. The first kappa shape index (κ1) is 18.7. The molecule has 1 heterocycles. The second-order valence-corrected chi connectivity index (χ2v) is 7.15. The van der Waals surface area contributed by atoms with Crippen molar-refractivity contribution in [3.05, 3.63) is 47.1 Å². The van der Waals surface area contributed by atoms with Gasteiger partial charge in [0.15, 0.2) is 16.6 Å². The number of aryl methyl sites for hydroxylation is 1. The van der Waals surface area contributed by atoms with Crippen molar-refractivity contribution in [1.29, 1.82) is 0 Å². The summed E-state index contributed by atoms with van der Waals surface area (Å²) < 4.78 is 5.31. The van der Waals surface area contributed by atoms with Crippen LogP contribution in [-0.4, -0.2) is 46.5 Å². The predicted molar refractivity (Wildman–Crippen MR) is 106 cm³/mol. The van der Waals surface area contributed by atoms with Gasteiger partial charge < -0.3 is 25.2 Å². The molecule has 26 heavy (non-hydrogen) atoms. The van der Waals surface area contributed by atoms with Crippen molar-refractivity contribution < 1.29 is 14.9 Å². The summed E-state index contributed by atoms with van der Waals surface area (Å²) in [6.07, 6.45) is 10.3. The summed E-state index contributed by atoms with van der Waals surface area (Å²) >= 11 is 5.57. The van der Waals surface area contributed by atoms with E-state index in [0.717, 1.165) is 55.0 Å². The lowest BCUT2D eigenvalue weighted by Gasteiger charge is -2.25. The number of hydrogen-bond acceptors (Lipinski definition) is 4. The van der Waals surface area contributed by atoms with E-state index in [2.05, 4.69) is 28.4 Å². The van der Waals surface area contributed by atoms with Gasteiger partial charge in [0.1, 0.15) is 0 Å². The number of nitrogens with one attached hydrogen (secondary N) is 1. The van der Waals surface area contributed by atoms with E-state index in [9.17, 15) is 10.2 Å². The zero-order valence-corrected chi connectivity index (χ0v) is 15.9. The second-order valence-electron chi connectivity index (χ2n) is 6.76. The van der Waals surface area contributed by atoms with Crippen molar-refractivity contribution in [2.75, 3.05) is 20.2 Å². The highest BCUT2D eigenvalue weighted by molar-refractivity contribution is 7.80. The lowest BCUT2D eigenvalue weighted by atomic mass is 10.0. The molecule has 1 atom stereocenters. The van der Waals surface area contributed by atoms with E-state index in [1.165, 1.54) is 5.57 Å². The number of allylic oxidation sites excluding steroid dienone is 1. The fourth-order valence-corrected chi connectivity index (χ4v) is 3.65. The Hall–Kier alpha value is -2.05. The first-order valence-electron chi connectivity index (χ1n) is 9.03. The third-order valence-electron chi connectivity index (χ3n) is 4.95. The van der Waals surface area contributed by atoms with Crippen molar-refractivity contribution in [2.24, 2.45) is 0 Å². The number of fused-ring (bicyclic) bond motifs is 1. The van der Waals surface area contributed by atoms with E-state index in [4.69, 9.17) is 17.0 Å². The van der Waals surface area contributed by atoms with Gasteiger partial charge in [0.25, 0.3) is 0 Å². The number of methoxy groups -OCH3 is 1. The summed E-state index contributed by atoms with van der Waals surface area (Å²) in [4.78, 5) is 2.13. The molecule has 1 aromatic carbocycles. The molecular weight excluding hydrogens is 348 g/mol. The van der Waals surface area contributed by atoms with E-state index < -0.39 is 0 Å². The molecule has 1 aromatic rings. The third-order valence-corrected chi connectivity index (χ3v) is 5.35. The van der Waals surface area contributed by atoms with Gasteiger partial charge >= 0.3 is 0 Å². The lowest BCUT2D eigenvalue weighted by molar-refractivity contribution is 0.142. The van der Waals surface area contributed by atoms with Gasteiger partial charge in [0.05, 0.1) is 6.10 Å². The first-order chi connectivity index (χ1) is 12.6. The highest BCUT2D eigenvalue weighted by atomic mass is 32.1. The van der Waals surface area contributed by atoms with Gasteiger partial charge in [0, 0.05) is 26.7 Å². The molecule has 0 saturated carbocycles. The zero-order chi connectivity index (χ0) is 18.5. The Morgan fingerprint density at radius 3 is 2.77 bits per heavy atom. The summed E-state index contributed by atoms with van der Waals surface area (Å²) in [7, 11) is 1.73. The Morgan fingerprint density at radius 2 is 2.08 bits per heavy atom. The lowest BCUT2D eigenvalue weighted by Crippen LogP contribution is -2.39. The largest absolute Gasteiger partial charge is 0.504 e. The minimum absolute atomic E-state index is 0.0533. The highest BCUT2D eigenvalue weighted by Gasteiger charge is 2.18. The molecule has 6 heteroatoms. The standard InChI is InChI=1S/C20H26N2O3S/c1-25-17-6-4-14(5-7-17)8-9-21-20(26)22-10-2-3-15-11-18(23)19(24)12-16(15)13-22/h4-6,11-12,17,23-24H,2-3,7-10,13H2,1H3,(H,21,26). The molecule has 5 nitrogen and oxygen atoms in total. The molecule has 0 spiro atoms. The summed E-state index contributed by atoms with van der Waals surface area (Å²) in [5, 5.41) is 23.6. The van der Waals surface area contributed by atoms with Crippen molar-refractivity contribution in [3.8, 4) is 11.5 Å². The molecular formula is C20H26N2O3S. The van der Waals surface area contributed by atoms with Crippen LogP contribution < -0.4 is 5.32 Å².